The monoisotopic (exact) mass is 306 g/mol. The van der Waals surface area contributed by atoms with E-state index in [4.69, 9.17) is 0 Å². The lowest BCUT2D eigenvalue weighted by molar-refractivity contribution is -0.154. The molecule has 0 aromatic heterocycles. The van der Waals surface area contributed by atoms with Crippen LogP contribution in [0.4, 0.5) is 0 Å². The first-order valence-electron chi connectivity index (χ1n) is 7.22. The van der Waals surface area contributed by atoms with E-state index in [1.54, 1.807) is 23.6 Å². The molecule has 2 atom stereocenters. The van der Waals surface area contributed by atoms with Gasteiger partial charge in [0.2, 0.25) is 5.91 Å². The molecule has 2 rings (SSSR count). The summed E-state index contributed by atoms with van der Waals surface area (Å²) in [5, 5.41) is 2.93. The van der Waals surface area contributed by atoms with E-state index in [-0.39, 0.29) is 17.9 Å². The molecule has 114 valence electrons. The third kappa shape index (κ3) is 2.93. The van der Waals surface area contributed by atoms with Crippen LogP contribution in [0.1, 0.15) is 25.8 Å². The van der Waals surface area contributed by atoms with Gasteiger partial charge in [0.1, 0.15) is 11.6 Å². The maximum Gasteiger partial charge on any atom is 0.253 e. The van der Waals surface area contributed by atoms with E-state index in [0.717, 1.165) is 11.3 Å². The Morgan fingerprint density at radius 1 is 1.29 bits per heavy atom. The number of amides is 2. The quantitative estimate of drug-likeness (QED) is 0.905. The SMILES string of the molecule is CCC1C(=O)NC(C)(c2ccccc2)C(=O)N1CCSC. The fraction of sp³-hybridized carbons (Fsp3) is 0.500. The highest BCUT2D eigenvalue weighted by molar-refractivity contribution is 7.98. The fourth-order valence-electron chi connectivity index (χ4n) is 2.77. The zero-order chi connectivity index (χ0) is 15.5. The Hall–Kier alpha value is -1.49. The van der Waals surface area contributed by atoms with Crippen molar-refractivity contribution in [3.63, 3.8) is 0 Å². The van der Waals surface area contributed by atoms with Crippen LogP contribution in [0.2, 0.25) is 0 Å². The summed E-state index contributed by atoms with van der Waals surface area (Å²) in [6.45, 7) is 4.34. The lowest BCUT2D eigenvalue weighted by Gasteiger charge is -2.44. The van der Waals surface area contributed by atoms with Crippen LogP contribution in [0.15, 0.2) is 30.3 Å². The van der Waals surface area contributed by atoms with Gasteiger partial charge < -0.3 is 10.2 Å². The molecule has 1 saturated heterocycles. The van der Waals surface area contributed by atoms with Gasteiger partial charge in [-0.05, 0) is 25.2 Å². The van der Waals surface area contributed by atoms with E-state index in [1.807, 2.05) is 43.5 Å². The minimum atomic E-state index is -0.970. The molecule has 2 amide bonds. The van der Waals surface area contributed by atoms with E-state index in [0.29, 0.717) is 13.0 Å². The van der Waals surface area contributed by atoms with Crippen LogP contribution in [0.5, 0.6) is 0 Å². The van der Waals surface area contributed by atoms with Crippen LogP contribution in [-0.4, -0.2) is 41.3 Å². The van der Waals surface area contributed by atoms with Crippen molar-refractivity contribution < 1.29 is 9.59 Å². The Balaban J connectivity index is 2.36. The molecule has 0 spiro atoms. The molecule has 0 bridgehead atoms. The first kappa shape index (κ1) is 15.9. The summed E-state index contributed by atoms with van der Waals surface area (Å²) in [5.74, 6) is 0.749. The standard InChI is InChI=1S/C16H22N2O2S/c1-4-13-14(19)17-16(2,12-8-6-5-7-9-12)15(20)18(13)10-11-21-3/h5-9,13H,4,10-11H2,1-3H3,(H,17,19). The largest absolute Gasteiger partial charge is 0.336 e. The number of piperazine rings is 1. The Labute approximate surface area is 130 Å². The molecule has 21 heavy (non-hydrogen) atoms. The molecule has 0 saturated carbocycles. The predicted molar refractivity (Wildman–Crippen MR) is 86.1 cm³/mol. The highest BCUT2D eigenvalue weighted by atomic mass is 32.2. The van der Waals surface area contributed by atoms with Crippen molar-refractivity contribution in [3.05, 3.63) is 35.9 Å². The Kier molecular flexibility index (Phi) is 4.93. The first-order valence-corrected chi connectivity index (χ1v) is 8.61. The van der Waals surface area contributed by atoms with Gasteiger partial charge in [0.05, 0.1) is 0 Å². The molecule has 0 aliphatic carbocycles. The van der Waals surface area contributed by atoms with Gasteiger partial charge >= 0.3 is 0 Å². The molecule has 1 fully saturated rings. The zero-order valence-corrected chi connectivity index (χ0v) is 13.6. The molecule has 1 heterocycles. The average molecular weight is 306 g/mol. The van der Waals surface area contributed by atoms with Crippen molar-refractivity contribution in [1.29, 1.82) is 0 Å². The van der Waals surface area contributed by atoms with Crippen molar-refractivity contribution in [1.82, 2.24) is 10.2 Å². The molecule has 1 N–H and O–H groups in total. The van der Waals surface area contributed by atoms with Gasteiger partial charge in [-0.1, -0.05) is 37.3 Å². The molecule has 1 aromatic rings. The van der Waals surface area contributed by atoms with Crippen molar-refractivity contribution in [3.8, 4) is 0 Å². The number of rotatable bonds is 5. The number of hydrogen-bond donors (Lipinski definition) is 1. The van der Waals surface area contributed by atoms with Gasteiger partial charge in [0.15, 0.2) is 0 Å². The van der Waals surface area contributed by atoms with Crippen LogP contribution in [-0.2, 0) is 15.1 Å². The van der Waals surface area contributed by atoms with Crippen LogP contribution >= 0.6 is 11.8 Å². The fourth-order valence-corrected chi connectivity index (χ4v) is 3.15. The van der Waals surface area contributed by atoms with Crippen LogP contribution in [0.3, 0.4) is 0 Å². The molecule has 1 aromatic carbocycles. The number of benzene rings is 1. The summed E-state index contributed by atoms with van der Waals surface area (Å²) in [6, 6.07) is 9.09. The summed E-state index contributed by atoms with van der Waals surface area (Å²) in [5.41, 5.74) is -0.144. The highest BCUT2D eigenvalue weighted by Crippen LogP contribution is 2.29. The predicted octanol–water partition coefficient (Wildman–Crippen LogP) is 2.00. The molecule has 0 radical (unpaired) electrons. The lowest BCUT2D eigenvalue weighted by atomic mass is 9.86. The number of nitrogens with zero attached hydrogens (tertiary/aromatic N) is 1. The molecule has 1 aliphatic heterocycles. The molecule has 5 heteroatoms. The summed E-state index contributed by atoms with van der Waals surface area (Å²) >= 11 is 1.68. The minimum Gasteiger partial charge on any atom is -0.336 e. The normalized spacial score (nSPS) is 25.9. The maximum absolute atomic E-state index is 13.0. The maximum atomic E-state index is 13.0. The van der Waals surface area contributed by atoms with Crippen LogP contribution < -0.4 is 5.32 Å². The van der Waals surface area contributed by atoms with Gasteiger partial charge in [-0.25, -0.2) is 0 Å². The number of hydrogen-bond acceptors (Lipinski definition) is 3. The molecule has 1 aliphatic rings. The first-order chi connectivity index (χ1) is 10.0. The summed E-state index contributed by atoms with van der Waals surface area (Å²) in [4.78, 5) is 27.1. The second-order valence-electron chi connectivity index (χ2n) is 5.40. The summed E-state index contributed by atoms with van der Waals surface area (Å²) in [6.07, 6.45) is 2.64. The van der Waals surface area contributed by atoms with Crippen molar-refractivity contribution in [2.45, 2.75) is 31.8 Å². The van der Waals surface area contributed by atoms with Gasteiger partial charge in [0.25, 0.3) is 5.91 Å². The van der Waals surface area contributed by atoms with E-state index < -0.39 is 5.54 Å². The Morgan fingerprint density at radius 2 is 1.95 bits per heavy atom. The summed E-state index contributed by atoms with van der Waals surface area (Å²) < 4.78 is 0. The Bertz CT molecular complexity index is 520. The molecular weight excluding hydrogens is 284 g/mol. The average Bonchev–Trinajstić information content (AvgIpc) is 2.50. The third-order valence-corrected chi connectivity index (χ3v) is 4.61. The van der Waals surface area contributed by atoms with E-state index in [2.05, 4.69) is 5.32 Å². The number of carbonyl (C=O) groups excluding carboxylic acids is 2. The zero-order valence-electron chi connectivity index (χ0n) is 12.8. The molecular formula is C16H22N2O2S. The van der Waals surface area contributed by atoms with E-state index in [1.165, 1.54) is 0 Å². The van der Waals surface area contributed by atoms with Gasteiger partial charge in [0, 0.05) is 12.3 Å². The molecule has 4 nitrogen and oxygen atoms in total. The van der Waals surface area contributed by atoms with E-state index >= 15 is 0 Å². The van der Waals surface area contributed by atoms with Gasteiger partial charge in [-0.2, -0.15) is 11.8 Å². The van der Waals surface area contributed by atoms with Crippen molar-refractivity contribution in [2.75, 3.05) is 18.6 Å². The highest BCUT2D eigenvalue weighted by Gasteiger charge is 2.48. The topological polar surface area (TPSA) is 49.4 Å². The number of thioether (sulfide) groups is 1. The van der Waals surface area contributed by atoms with Crippen LogP contribution in [0.25, 0.3) is 0 Å². The number of nitrogens with one attached hydrogen (secondary N) is 1. The second kappa shape index (κ2) is 6.52. The third-order valence-electron chi connectivity index (χ3n) is 4.01. The van der Waals surface area contributed by atoms with Gasteiger partial charge in [-0.15, -0.1) is 0 Å². The Morgan fingerprint density at radius 3 is 2.52 bits per heavy atom. The summed E-state index contributed by atoms with van der Waals surface area (Å²) in [7, 11) is 0. The lowest BCUT2D eigenvalue weighted by Crippen LogP contribution is -2.67. The van der Waals surface area contributed by atoms with E-state index in [9.17, 15) is 9.59 Å². The van der Waals surface area contributed by atoms with Crippen molar-refractivity contribution >= 4 is 23.6 Å². The van der Waals surface area contributed by atoms with Crippen LogP contribution in [0, 0.1) is 0 Å². The van der Waals surface area contributed by atoms with Gasteiger partial charge in [-0.3, -0.25) is 9.59 Å². The molecule has 2 unspecified atom stereocenters. The number of carbonyl (C=O) groups is 2. The smallest absolute Gasteiger partial charge is 0.253 e. The minimum absolute atomic E-state index is 0.0193. The second-order valence-corrected chi connectivity index (χ2v) is 6.38. The van der Waals surface area contributed by atoms with Crippen molar-refractivity contribution in [2.24, 2.45) is 0 Å².